The van der Waals surface area contributed by atoms with Crippen LogP contribution < -0.4 is 0 Å². The predicted octanol–water partition coefficient (Wildman–Crippen LogP) is 0.783. The number of carboxylic acids is 1. The highest BCUT2D eigenvalue weighted by Crippen LogP contribution is 2.41. The molecular weight excluding hydrogens is 326 g/mol. The number of aromatic nitrogens is 3. The molecule has 0 atom stereocenters. The van der Waals surface area contributed by atoms with E-state index in [-0.39, 0.29) is 51.1 Å². The lowest BCUT2D eigenvalue weighted by atomic mass is 9.81. The number of amides is 1. The summed E-state index contributed by atoms with van der Waals surface area (Å²) < 4.78 is 33.5. The normalized spacial score (nSPS) is 22.5. The van der Waals surface area contributed by atoms with Crippen LogP contribution in [0, 0.1) is 0 Å². The van der Waals surface area contributed by atoms with Crippen molar-refractivity contribution in [3.8, 4) is 0 Å². The van der Waals surface area contributed by atoms with Crippen molar-refractivity contribution in [2.45, 2.75) is 43.8 Å². The number of rotatable bonds is 3. The fraction of sp³-hybridized carbons (Fsp3) is 0.714. The molecule has 0 aromatic carbocycles. The summed E-state index contributed by atoms with van der Waals surface area (Å²) >= 11 is 0. The average molecular weight is 344 g/mol. The van der Waals surface area contributed by atoms with E-state index >= 15 is 0 Å². The largest absolute Gasteiger partial charge is 0.480 e. The first-order chi connectivity index (χ1) is 11.3. The number of morpholine rings is 1. The van der Waals surface area contributed by atoms with Gasteiger partial charge in [0.2, 0.25) is 5.92 Å². The van der Waals surface area contributed by atoms with Gasteiger partial charge in [-0.25, -0.2) is 13.5 Å². The molecule has 1 saturated carbocycles. The van der Waals surface area contributed by atoms with Gasteiger partial charge >= 0.3 is 5.97 Å². The fourth-order valence-corrected chi connectivity index (χ4v) is 3.17. The van der Waals surface area contributed by atoms with E-state index in [1.807, 2.05) is 0 Å². The maximum absolute atomic E-state index is 13.4. The molecule has 1 N–H and O–H groups in total. The molecule has 2 heterocycles. The number of halogens is 2. The van der Waals surface area contributed by atoms with Gasteiger partial charge in [-0.1, -0.05) is 5.21 Å². The molecule has 0 bridgehead atoms. The highest BCUT2D eigenvalue weighted by Gasteiger charge is 2.47. The van der Waals surface area contributed by atoms with Gasteiger partial charge in [0.1, 0.15) is 6.54 Å². The third-order valence-corrected chi connectivity index (χ3v) is 4.48. The first-order valence-electron chi connectivity index (χ1n) is 7.72. The second kappa shape index (κ2) is 6.08. The standard InChI is InChI=1S/C14H18F2N4O4/c15-14(16)3-1-13(2-4-14)9-19(5-6-24-13)12(23)10-7-20(18-17-10)8-11(21)22/h7H,1-6,8-9H2,(H,21,22). The Labute approximate surface area is 136 Å². The zero-order chi connectivity index (χ0) is 17.4. The van der Waals surface area contributed by atoms with E-state index in [2.05, 4.69) is 10.3 Å². The Hall–Kier alpha value is -2.10. The van der Waals surface area contributed by atoms with Crippen molar-refractivity contribution in [3.05, 3.63) is 11.9 Å². The smallest absolute Gasteiger partial charge is 0.325 e. The van der Waals surface area contributed by atoms with Crippen LogP contribution in [-0.4, -0.2) is 68.1 Å². The summed E-state index contributed by atoms with van der Waals surface area (Å²) in [5.74, 6) is -4.15. The van der Waals surface area contributed by atoms with Crippen LogP contribution in [0.25, 0.3) is 0 Å². The van der Waals surface area contributed by atoms with Crippen LogP contribution in [-0.2, 0) is 16.1 Å². The molecule has 1 amide bonds. The van der Waals surface area contributed by atoms with Crippen LogP contribution in [0.2, 0.25) is 0 Å². The number of carbonyl (C=O) groups excluding carboxylic acids is 1. The maximum Gasteiger partial charge on any atom is 0.325 e. The van der Waals surface area contributed by atoms with Crippen LogP contribution in [0.1, 0.15) is 36.2 Å². The van der Waals surface area contributed by atoms with Crippen LogP contribution in [0.15, 0.2) is 6.20 Å². The number of aliphatic carboxylic acids is 1. The molecule has 132 valence electrons. The number of carbonyl (C=O) groups is 2. The fourth-order valence-electron chi connectivity index (χ4n) is 3.17. The van der Waals surface area contributed by atoms with Crippen molar-refractivity contribution in [2.75, 3.05) is 19.7 Å². The van der Waals surface area contributed by atoms with E-state index in [0.29, 0.717) is 6.54 Å². The van der Waals surface area contributed by atoms with E-state index < -0.39 is 23.4 Å². The van der Waals surface area contributed by atoms with E-state index in [1.165, 1.54) is 11.1 Å². The number of ether oxygens (including phenoxy) is 1. The number of hydrogen-bond acceptors (Lipinski definition) is 5. The minimum Gasteiger partial charge on any atom is -0.480 e. The van der Waals surface area contributed by atoms with Crippen LogP contribution in [0.5, 0.6) is 0 Å². The average Bonchev–Trinajstić information content (AvgIpc) is 2.98. The first-order valence-corrected chi connectivity index (χ1v) is 7.72. The van der Waals surface area contributed by atoms with E-state index in [9.17, 15) is 18.4 Å². The Bertz CT molecular complexity index is 638. The molecule has 1 aromatic rings. The van der Waals surface area contributed by atoms with Gasteiger partial charge in [-0.05, 0) is 12.8 Å². The Morgan fingerprint density at radius 3 is 2.67 bits per heavy atom. The summed E-state index contributed by atoms with van der Waals surface area (Å²) in [4.78, 5) is 24.7. The van der Waals surface area contributed by atoms with Gasteiger partial charge in [0.05, 0.1) is 24.9 Å². The van der Waals surface area contributed by atoms with Crippen molar-refractivity contribution in [1.82, 2.24) is 19.9 Å². The quantitative estimate of drug-likeness (QED) is 0.870. The van der Waals surface area contributed by atoms with Crippen molar-refractivity contribution in [3.63, 3.8) is 0 Å². The number of carboxylic acid groups (broad SMARTS) is 1. The maximum atomic E-state index is 13.4. The summed E-state index contributed by atoms with van der Waals surface area (Å²) in [6, 6.07) is 0. The lowest BCUT2D eigenvalue weighted by Crippen LogP contribution is -2.56. The Morgan fingerprint density at radius 1 is 1.29 bits per heavy atom. The molecule has 1 aromatic heterocycles. The first kappa shape index (κ1) is 16.7. The number of alkyl halides is 2. The van der Waals surface area contributed by atoms with Crippen LogP contribution in [0.4, 0.5) is 8.78 Å². The predicted molar refractivity (Wildman–Crippen MR) is 75.7 cm³/mol. The summed E-state index contributed by atoms with van der Waals surface area (Å²) in [7, 11) is 0. The lowest BCUT2D eigenvalue weighted by molar-refractivity contribution is -0.159. The van der Waals surface area contributed by atoms with Crippen LogP contribution >= 0.6 is 0 Å². The van der Waals surface area contributed by atoms with Gasteiger partial charge in [-0.15, -0.1) is 5.10 Å². The third-order valence-electron chi connectivity index (χ3n) is 4.48. The zero-order valence-electron chi connectivity index (χ0n) is 13.0. The second-order valence-electron chi connectivity index (χ2n) is 6.31. The number of nitrogens with zero attached hydrogens (tertiary/aromatic N) is 4. The molecule has 10 heteroatoms. The highest BCUT2D eigenvalue weighted by molar-refractivity contribution is 5.92. The third kappa shape index (κ3) is 3.53. The molecule has 0 radical (unpaired) electrons. The molecule has 8 nitrogen and oxygen atoms in total. The van der Waals surface area contributed by atoms with Gasteiger partial charge in [0.25, 0.3) is 5.91 Å². The SMILES string of the molecule is O=C(O)Cn1cc(C(=O)N2CCOC3(CCC(F)(F)CC3)C2)nn1. The summed E-state index contributed by atoms with van der Waals surface area (Å²) in [5.41, 5.74) is -0.693. The zero-order valence-corrected chi connectivity index (χ0v) is 13.0. The molecule has 2 aliphatic rings. The van der Waals surface area contributed by atoms with Gasteiger partial charge in [-0.3, -0.25) is 9.59 Å². The number of hydrogen-bond donors (Lipinski definition) is 1. The Morgan fingerprint density at radius 2 is 2.00 bits per heavy atom. The van der Waals surface area contributed by atoms with Crippen molar-refractivity contribution < 1.29 is 28.2 Å². The monoisotopic (exact) mass is 344 g/mol. The molecule has 1 aliphatic carbocycles. The Kier molecular flexibility index (Phi) is 4.24. The van der Waals surface area contributed by atoms with Crippen molar-refractivity contribution in [2.24, 2.45) is 0 Å². The van der Waals surface area contributed by atoms with Gasteiger partial charge < -0.3 is 14.7 Å². The van der Waals surface area contributed by atoms with Gasteiger partial charge in [0, 0.05) is 19.4 Å². The summed E-state index contributed by atoms with van der Waals surface area (Å²) in [6.45, 7) is 0.458. The van der Waals surface area contributed by atoms with E-state index in [0.717, 1.165) is 4.68 Å². The van der Waals surface area contributed by atoms with E-state index in [1.54, 1.807) is 0 Å². The van der Waals surface area contributed by atoms with E-state index in [4.69, 9.17) is 9.84 Å². The molecule has 1 saturated heterocycles. The van der Waals surface area contributed by atoms with Crippen molar-refractivity contribution in [1.29, 1.82) is 0 Å². The molecule has 24 heavy (non-hydrogen) atoms. The van der Waals surface area contributed by atoms with Crippen molar-refractivity contribution >= 4 is 11.9 Å². The Balaban J connectivity index is 1.67. The van der Waals surface area contributed by atoms with Gasteiger partial charge in [0.15, 0.2) is 5.69 Å². The summed E-state index contributed by atoms with van der Waals surface area (Å²) in [6.07, 6.45) is 1.19. The topological polar surface area (TPSA) is 97.5 Å². The molecular formula is C14H18F2N4O4. The molecule has 1 spiro atoms. The minimum absolute atomic E-state index is 0.0365. The van der Waals surface area contributed by atoms with Crippen LogP contribution in [0.3, 0.4) is 0 Å². The lowest BCUT2D eigenvalue weighted by Gasteiger charge is -2.46. The molecule has 3 rings (SSSR count). The van der Waals surface area contributed by atoms with Gasteiger partial charge in [-0.2, -0.15) is 0 Å². The summed E-state index contributed by atoms with van der Waals surface area (Å²) in [5, 5.41) is 16.0. The molecule has 0 unspecified atom stereocenters. The second-order valence-corrected chi connectivity index (χ2v) is 6.31. The molecule has 2 fully saturated rings. The highest BCUT2D eigenvalue weighted by atomic mass is 19.3. The minimum atomic E-state index is -2.67. The molecule has 1 aliphatic heterocycles.